The molecular weight excluding hydrogens is 178 g/mol. The molecule has 0 unspecified atom stereocenters. The molecule has 1 N–H and O–H groups in total. The lowest BCUT2D eigenvalue weighted by Gasteiger charge is -2.53. The summed E-state index contributed by atoms with van der Waals surface area (Å²) in [4.78, 5) is 10.7. The molecule has 0 aromatic carbocycles. The van der Waals surface area contributed by atoms with Gasteiger partial charge in [0.25, 0.3) is 0 Å². The smallest absolute Gasteiger partial charge is 0.136 e. The summed E-state index contributed by atoms with van der Waals surface area (Å²) >= 11 is 0. The van der Waals surface area contributed by atoms with Gasteiger partial charge in [0.2, 0.25) is 0 Å². The molecule has 0 radical (unpaired) electrons. The second-order valence-electron chi connectivity index (χ2n) is 3.69. The monoisotopic (exact) mass is 193 g/mol. The molecule has 0 amide bonds. The molecule has 0 aliphatic heterocycles. The van der Waals surface area contributed by atoms with Crippen LogP contribution in [0.2, 0.25) is 0 Å². The highest BCUT2D eigenvalue weighted by molar-refractivity contribution is 8.13. The summed E-state index contributed by atoms with van der Waals surface area (Å²) in [5, 5.41) is -0.371. The van der Waals surface area contributed by atoms with Crippen LogP contribution in [0.25, 0.3) is 0 Å². The minimum atomic E-state index is -3.69. The van der Waals surface area contributed by atoms with Crippen molar-refractivity contribution in [3.05, 3.63) is 0 Å². The fourth-order valence-corrected chi connectivity index (χ4v) is 2.87. The molecule has 0 spiro atoms. The van der Waals surface area contributed by atoms with Gasteiger partial charge < -0.3 is 0 Å². The van der Waals surface area contributed by atoms with Gasteiger partial charge in [0.1, 0.15) is 5.78 Å². The number of hydrogen-bond donors (Lipinski definition) is 1. The van der Waals surface area contributed by atoms with Crippen LogP contribution in [0.3, 0.4) is 0 Å². The molecule has 0 saturated heterocycles. The number of ketones is 1. The van der Waals surface area contributed by atoms with Gasteiger partial charge in [-0.25, -0.2) is 4.31 Å². The van der Waals surface area contributed by atoms with E-state index in [0.29, 0.717) is 0 Å². The van der Waals surface area contributed by atoms with Gasteiger partial charge in [0, 0.05) is 33.2 Å². The molecule has 1 aliphatic carbocycles. The topological polar surface area (TPSA) is 57.6 Å². The van der Waals surface area contributed by atoms with Crippen molar-refractivity contribution in [2.24, 2.45) is 0 Å². The molecule has 0 bridgehead atoms. The second kappa shape index (κ2) is 2.37. The zero-order valence-electron chi connectivity index (χ0n) is 7.61. The van der Waals surface area contributed by atoms with Gasteiger partial charge in [0.15, 0.2) is 0 Å². The fraction of sp³-hybridized carbons (Fsp3) is 0.857. The number of carbonyl (C=O) groups excluding carboxylic acids is 1. The van der Waals surface area contributed by atoms with Crippen molar-refractivity contribution in [3.8, 4) is 0 Å². The Balaban J connectivity index is 2.85. The maximum Gasteiger partial charge on any atom is 0.136 e. The molecule has 1 rings (SSSR count). The largest absolute Gasteiger partial charge is 0.300 e. The Labute approximate surface area is 72.3 Å². The molecule has 0 heterocycles. The van der Waals surface area contributed by atoms with E-state index in [4.69, 9.17) is 0 Å². The maximum atomic E-state index is 11.9. The van der Waals surface area contributed by atoms with E-state index in [1.807, 2.05) is 0 Å². The molecule has 0 aromatic rings. The summed E-state index contributed by atoms with van der Waals surface area (Å²) < 4.78 is 23.1. The van der Waals surface area contributed by atoms with Crippen LogP contribution >= 0.6 is 0 Å². The quantitative estimate of drug-likeness (QED) is 0.677. The van der Waals surface area contributed by atoms with Gasteiger partial charge in [-0.2, -0.15) is 4.21 Å². The Kier molecular flexibility index (Phi) is 1.94. The summed E-state index contributed by atoms with van der Waals surface area (Å²) in [5.41, 5.74) is 0. The first-order valence-electron chi connectivity index (χ1n) is 3.80. The van der Waals surface area contributed by atoms with Crippen LogP contribution in [0.15, 0.2) is 0 Å². The molecule has 1 saturated carbocycles. The Bertz CT molecular complexity index is 270. The number of rotatable bonds is 2. The van der Waals surface area contributed by atoms with Gasteiger partial charge in [-0.3, -0.25) is 9.35 Å². The number of Topliss-reactive ketones (excluding diaryl/α,β-unsaturated/α-hetero) is 1. The molecule has 0 aromatic heterocycles. The van der Waals surface area contributed by atoms with Gasteiger partial charge in [0.05, 0.1) is 5.25 Å². The SMILES string of the molecule is CN(C)S(C)(=O)(O)C1CC(=O)C1. The van der Waals surface area contributed by atoms with Gasteiger partial charge in [-0.1, -0.05) is 0 Å². The van der Waals surface area contributed by atoms with E-state index in [2.05, 4.69) is 0 Å². The third kappa shape index (κ3) is 1.32. The first-order chi connectivity index (χ1) is 5.22. The highest BCUT2D eigenvalue weighted by Crippen LogP contribution is 2.37. The van der Waals surface area contributed by atoms with Crippen LogP contribution in [0.1, 0.15) is 12.8 Å². The van der Waals surface area contributed by atoms with Crippen molar-refractivity contribution in [1.29, 1.82) is 0 Å². The second-order valence-corrected chi connectivity index (χ2v) is 7.69. The molecule has 1 fully saturated rings. The van der Waals surface area contributed by atoms with Crippen molar-refractivity contribution in [2.75, 3.05) is 20.4 Å². The lowest BCUT2D eigenvalue weighted by molar-refractivity contribution is -0.123. The van der Waals surface area contributed by atoms with Crippen LogP contribution < -0.4 is 0 Å². The Morgan fingerprint density at radius 3 is 2.17 bits per heavy atom. The fourth-order valence-electron chi connectivity index (χ4n) is 1.13. The Hall–Kier alpha value is -0.260. The summed E-state index contributed by atoms with van der Waals surface area (Å²) in [7, 11) is -0.560. The number of nitrogens with zero attached hydrogens (tertiary/aromatic N) is 1. The lowest BCUT2D eigenvalue weighted by Crippen LogP contribution is -2.58. The van der Waals surface area contributed by atoms with Crippen LogP contribution in [-0.2, 0) is 14.3 Å². The first kappa shape index (κ1) is 9.83. The summed E-state index contributed by atoms with van der Waals surface area (Å²) in [6, 6.07) is 0. The molecule has 12 heavy (non-hydrogen) atoms. The molecule has 0 atom stereocenters. The van der Waals surface area contributed by atoms with Crippen molar-refractivity contribution in [1.82, 2.24) is 4.31 Å². The average Bonchev–Trinajstić information content (AvgIpc) is 1.79. The third-order valence-electron chi connectivity index (χ3n) is 2.57. The molecule has 72 valence electrons. The minimum Gasteiger partial charge on any atom is -0.300 e. The van der Waals surface area contributed by atoms with Crippen LogP contribution in [0.5, 0.6) is 0 Å². The molecule has 1 aliphatic rings. The number of carbonyl (C=O) groups is 1. The predicted octanol–water partition coefficient (Wildman–Crippen LogP) is 0.117. The van der Waals surface area contributed by atoms with Gasteiger partial charge >= 0.3 is 0 Å². The summed E-state index contributed by atoms with van der Waals surface area (Å²) in [5.74, 6) is 0.0802. The Morgan fingerprint density at radius 2 is 1.92 bits per heavy atom. The average molecular weight is 193 g/mol. The van der Waals surface area contributed by atoms with Gasteiger partial charge in [-0.15, -0.1) is 9.53 Å². The van der Waals surface area contributed by atoms with E-state index in [9.17, 15) is 13.6 Å². The highest BCUT2D eigenvalue weighted by atomic mass is 32.3. The van der Waals surface area contributed by atoms with Crippen LogP contribution in [-0.4, -0.2) is 44.5 Å². The van der Waals surface area contributed by atoms with Crippen LogP contribution in [0, 0.1) is 0 Å². The van der Waals surface area contributed by atoms with E-state index in [1.165, 1.54) is 10.6 Å². The van der Waals surface area contributed by atoms with Crippen molar-refractivity contribution in [3.63, 3.8) is 0 Å². The zero-order chi connectivity index (χ0) is 9.59. The van der Waals surface area contributed by atoms with Crippen molar-refractivity contribution in [2.45, 2.75) is 18.1 Å². The first-order valence-corrected chi connectivity index (χ1v) is 6.15. The minimum absolute atomic E-state index is 0.0802. The standard InChI is InChI=1S/C7H15NO3S/c1-8(2)12(3,10,11)7-4-6(9)5-7/h7H,4-5H2,1-3H3,(H,10,11). The predicted molar refractivity (Wildman–Crippen MR) is 48.4 cm³/mol. The lowest BCUT2D eigenvalue weighted by atomic mass is 9.98. The van der Waals surface area contributed by atoms with Crippen LogP contribution in [0.4, 0.5) is 0 Å². The highest BCUT2D eigenvalue weighted by Gasteiger charge is 2.43. The molecule has 4 nitrogen and oxygen atoms in total. The molecular formula is C7H15NO3S. The summed E-state index contributed by atoms with van der Waals surface area (Å²) in [6.45, 7) is 0. The Morgan fingerprint density at radius 1 is 1.50 bits per heavy atom. The summed E-state index contributed by atoms with van der Waals surface area (Å²) in [6.07, 6.45) is 1.82. The molecule has 5 heteroatoms. The van der Waals surface area contributed by atoms with E-state index in [-0.39, 0.29) is 23.9 Å². The normalized spacial score (nSPS) is 23.4. The van der Waals surface area contributed by atoms with Gasteiger partial charge in [-0.05, 0) is 0 Å². The third-order valence-corrected chi connectivity index (χ3v) is 6.21. The van der Waals surface area contributed by atoms with E-state index < -0.39 is 9.53 Å². The number of hydrogen-bond acceptors (Lipinski definition) is 2. The van der Waals surface area contributed by atoms with E-state index >= 15 is 0 Å². The van der Waals surface area contributed by atoms with E-state index in [1.54, 1.807) is 14.1 Å². The zero-order valence-corrected chi connectivity index (χ0v) is 8.43. The van der Waals surface area contributed by atoms with Crippen molar-refractivity contribution < 1.29 is 13.6 Å². The van der Waals surface area contributed by atoms with Crippen molar-refractivity contribution >= 4 is 15.3 Å². The maximum absolute atomic E-state index is 11.9. The van der Waals surface area contributed by atoms with E-state index in [0.717, 1.165) is 0 Å².